The lowest BCUT2D eigenvalue weighted by Gasteiger charge is -2.34. The van der Waals surface area contributed by atoms with Crippen LogP contribution in [-0.4, -0.2) is 42.5 Å². The van der Waals surface area contributed by atoms with Gasteiger partial charge < -0.3 is 9.64 Å². The highest BCUT2D eigenvalue weighted by atomic mass is 79.9. The van der Waals surface area contributed by atoms with Gasteiger partial charge in [-0.3, -0.25) is 4.79 Å². The van der Waals surface area contributed by atoms with E-state index < -0.39 is 5.82 Å². The Morgan fingerprint density at radius 3 is 3.11 bits per heavy atom. The van der Waals surface area contributed by atoms with Gasteiger partial charge in [0.1, 0.15) is 5.82 Å². The van der Waals surface area contributed by atoms with Crippen LogP contribution in [-0.2, 0) is 4.74 Å². The van der Waals surface area contributed by atoms with E-state index >= 15 is 0 Å². The van der Waals surface area contributed by atoms with Crippen molar-refractivity contribution in [3.05, 3.63) is 34.1 Å². The number of ether oxygens (including phenoxy) is 1. The van der Waals surface area contributed by atoms with Gasteiger partial charge in [0.2, 0.25) is 0 Å². The molecule has 0 aliphatic carbocycles. The molecule has 3 nitrogen and oxygen atoms in total. The fourth-order valence-electron chi connectivity index (χ4n) is 1.87. The van der Waals surface area contributed by atoms with Gasteiger partial charge in [-0.15, -0.1) is 11.6 Å². The Kier molecular flexibility index (Phi) is 4.59. The largest absolute Gasteiger partial charge is 0.377 e. The zero-order valence-electron chi connectivity index (χ0n) is 9.54. The first kappa shape index (κ1) is 13.8. The Balaban J connectivity index is 2.27. The standard InChI is InChI=1S/C12H12BrClFNO2/c13-10-3-1-2-9(11(10)15)12(17)16-4-5-18-7-8(16)6-14/h1-3,8H,4-7H2. The number of carbonyl (C=O) groups is 1. The molecule has 1 unspecified atom stereocenters. The molecule has 6 heteroatoms. The second-order valence-corrected chi connectivity index (χ2v) is 5.15. The number of benzene rings is 1. The SMILES string of the molecule is O=C(c1cccc(Br)c1F)N1CCOCC1CCl. The van der Waals surface area contributed by atoms with E-state index in [0.717, 1.165) is 0 Å². The lowest BCUT2D eigenvalue weighted by atomic mass is 10.1. The van der Waals surface area contributed by atoms with Crippen LogP contribution in [0, 0.1) is 5.82 Å². The molecule has 0 N–H and O–H groups in total. The number of hydrogen-bond acceptors (Lipinski definition) is 2. The summed E-state index contributed by atoms with van der Waals surface area (Å²) < 4.78 is 19.4. The maximum absolute atomic E-state index is 13.9. The van der Waals surface area contributed by atoms with Gasteiger partial charge in [-0.2, -0.15) is 0 Å². The smallest absolute Gasteiger partial charge is 0.257 e. The number of halogens is 3. The zero-order chi connectivity index (χ0) is 13.1. The molecule has 1 aliphatic rings. The predicted molar refractivity (Wildman–Crippen MR) is 70.5 cm³/mol. The number of hydrogen-bond donors (Lipinski definition) is 0. The number of alkyl halides is 1. The summed E-state index contributed by atoms with van der Waals surface area (Å²) in [5.41, 5.74) is 0.0568. The number of nitrogens with zero attached hydrogens (tertiary/aromatic N) is 1. The molecule has 0 bridgehead atoms. The first-order chi connectivity index (χ1) is 8.65. The van der Waals surface area contributed by atoms with E-state index in [1.165, 1.54) is 6.07 Å². The zero-order valence-corrected chi connectivity index (χ0v) is 11.9. The van der Waals surface area contributed by atoms with E-state index in [1.807, 2.05) is 0 Å². The summed E-state index contributed by atoms with van der Waals surface area (Å²) in [5.74, 6) is -0.605. The third kappa shape index (κ3) is 2.68. The Morgan fingerprint density at radius 2 is 2.39 bits per heavy atom. The summed E-state index contributed by atoms with van der Waals surface area (Å²) in [6, 6.07) is 4.47. The molecule has 1 fully saturated rings. The molecule has 1 atom stereocenters. The van der Waals surface area contributed by atoms with Crippen molar-refractivity contribution < 1.29 is 13.9 Å². The second-order valence-electron chi connectivity index (χ2n) is 3.98. The summed E-state index contributed by atoms with van der Waals surface area (Å²) in [6.45, 7) is 1.28. The van der Waals surface area contributed by atoms with Gasteiger partial charge in [0.15, 0.2) is 0 Å². The molecule has 98 valence electrons. The number of amides is 1. The molecular formula is C12H12BrClFNO2. The van der Waals surface area contributed by atoms with E-state index in [9.17, 15) is 9.18 Å². The molecule has 1 saturated heterocycles. The maximum atomic E-state index is 13.9. The van der Waals surface area contributed by atoms with Crippen LogP contribution in [0.1, 0.15) is 10.4 Å². The van der Waals surface area contributed by atoms with Gasteiger partial charge in [-0.1, -0.05) is 6.07 Å². The molecule has 0 saturated carbocycles. The Morgan fingerprint density at radius 1 is 1.61 bits per heavy atom. The second kappa shape index (κ2) is 5.99. The first-order valence-corrected chi connectivity index (χ1v) is 6.86. The van der Waals surface area contributed by atoms with Gasteiger partial charge in [0.25, 0.3) is 5.91 Å². The predicted octanol–water partition coefficient (Wildman–Crippen LogP) is 2.67. The summed E-state index contributed by atoms with van der Waals surface area (Å²) in [4.78, 5) is 13.9. The van der Waals surface area contributed by atoms with Gasteiger partial charge >= 0.3 is 0 Å². The molecule has 2 rings (SSSR count). The van der Waals surface area contributed by atoms with Crippen LogP contribution in [0.5, 0.6) is 0 Å². The third-order valence-corrected chi connectivity index (χ3v) is 3.82. The van der Waals surface area contributed by atoms with Crippen LogP contribution < -0.4 is 0 Å². The first-order valence-electron chi connectivity index (χ1n) is 5.54. The van der Waals surface area contributed by atoms with Gasteiger partial charge in [-0.05, 0) is 28.1 Å². The number of morpholine rings is 1. The lowest BCUT2D eigenvalue weighted by Crippen LogP contribution is -2.49. The van der Waals surface area contributed by atoms with Crippen molar-refractivity contribution in [2.75, 3.05) is 25.6 Å². The minimum Gasteiger partial charge on any atom is -0.377 e. The van der Waals surface area contributed by atoms with E-state index in [4.69, 9.17) is 16.3 Å². The molecule has 0 spiro atoms. The summed E-state index contributed by atoms with van der Waals surface area (Å²) in [7, 11) is 0. The van der Waals surface area contributed by atoms with E-state index in [2.05, 4.69) is 15.9 Å². The van der Waals surface area contributed by atoms with E-state index in [1.54, 1.807) is 17.0 Å². The van der Waals surface area contributed by atoms with Crippen LogP contribution in [0.3, 0.4) is 0 Å². The van der Waals surface area contributed by atoms with Crippen molar-refractivity contribution in [1.82, 2.24) is 4.90 Å². The monoisotopic (exact) mass is 335 g/mol. The Bertz CT molecular complexity index is 458. The highest BCUT2D eigenvalue weighted by molar-refractivity contribution is 9.10. The molecular weight excluding hydrogens is 324 g/mol. The molecule has 1 heterocycles. The fraction of sp³-hybridized carbons (Fsp3) is 0.417. The van der Waals surface area contributed by atoms with E-state index in [0.29, 0.717) is 19.8 Å². The minimum atomic E-state index is -0.540. The molecule has 0 radical (unpaired) electrons. The van der Waals surface area contributed by atoms with Crippen molar-refractivity contribution in [3.8, 4) is 0 Å². The quantitative estimate of drug-likeness (QED) is 0.777. The summed E-state index contributed by atoms with van der Waals surface area (Å²) in [6.07, 6.45) is 0. The van der Waals surface area contributed by atoms with Crippen molar-refractivity contribution in [3.63, 3.8) is 0 Å². The average molecular weight is 337 g/mol. The van der Waals surface area contributed by atoms with Crippen LogP contribution in [0.15, 0.2) is 22.7 Å². The van der Waals surface area contributed by atoms with Crippen molar-refractivity contribution in [2.24, 2.45) is 0 Å². The van der Waals surface area contributed by atoms with Crippen molar-refractivity contribution in [2.45, 2.75) is 6.04 Å². The number of rotatable bonds is 2. The van der Waals surface area contributed by atoms with Gasteiger partial charge in [-0.25, -0.2) is 4.39 Å². The molecule has 1 aliphatic heterocycles. The highest BCUT2D eigenvalue weighted by Crippen LogP contribution is 2.21. The Hall–Kier alpha value is -0.650. The molecule has 1 aromatic carbocycles. The molecule has 18 heavy (non-hydrogen) atoms. The normalized spacial score (nSPS) is 19.9. The average Bonchev–Trinajstić information content (AvgIpc) is 2.41. The number of carbonyl (C=O) groups excluding carboxylic acids is 1. The van der Waals surface area contributed by atoms with E-state index in [-0.39, 0.29) is 27.9 Å². The molecule has 0 aromatic heterocycles. The summed E-state index contributed by atoms with van der Waals surface area (Å²) in [5, 5.41) is 0. The molecule has 1 amide bonds. The fourth-order valence-corrected chi connectivity index (χ4v) is 2.50. The van der Waals surface area contributed by atoms with Crippen LogP contribution in [0.2, 0.25) is 0 Å². The topological polar surface area (TPSA) is 29.5 Å². The summed E-state index contributed by atoms with van der Waals surface area (Å²) >= 11 is 8.87. The van der Waals surface area contributed by atoms with Gasteiger partial charge in [0, 0.05) is 12.4 Å². The highest BCUT2D eigenvalue weighted by Gasteiger charge is 2.29. The third-order valence-electron chi connectivity index (χ3n) is 2.85. The van der Waals surface area contributed by atoms with Gasteiger partial charge in [0.05, 0.1) is 29.3 Å². The molecule has 1 aromatic rings. The van der Waals surface area contributed by atoms with Crippen LogP contribution in [0.4, 0.5) is 4.39 Å². The maximum Gasteiger partial charge on any atom is 0.257 e. The lowest BCUT2D eigenvalue weighted by molar-refractivity contribution is 0.00431. The van der Waals surface area contributed by atoms with Crippen LogP contribution in [0.25, 0.3) is 0 Å². The minimum absolute atomic E-state index is 0.0568. The van der Waals surface area contributed by atoms with Crippen molar-refractivity contribution >= 4 is 33.4 Å². The van der Waals surface area contributed by atoms with Crippen molar-refractivity contribution in [1.29, 1.82) is 0 Å². The van der Waals surface area contributed by atoms with Crippen LogP contribution >= 0.6 is 27.5 Å². The Labute approximate surface area is 118 Å².